The molecule has 14 aromatic carbocycles. The lowest BCUT2D eigenvalue weighted by Crippen LogP contribution is -2.30. The summed E-state index contributed by atoms with van der Waals surface area (Å²) in [6.07, 6.45) is 0. The van der Waals surface area contributed by atoms with Gasteiger partial charge in [0, 0.05) is 60.7 Å². The normalized spacial score (nSPS) is 13.0. The van der Waals surface area contributed by atoms with Crippen molar-refractivity contribution in [2.45, 2.75) is 19.3 Å². The highest BCUT2D eigenvalue weighted by Crippen LogP contribution is 2.53. The molecule has 0 unspecified atom stereocenters. The van der Waals surface area contributed by atoms with Crippen molar-refractivity contribution in [3.05, 3.63) is 296 Å². The van der Waals surface area contributed by atoms with E-state index in [1.807, 2.05) is 12.1 Å². The Bertz CT molecular complexity index is 5630. The molecule has 0 amide bonds. The monoisotopic (exact) mass is 1140 g/mol. The van der Waals surface area contributed by atoms with Gasteiger partial charge >= 0.3 is 0 Å². The fraction of sp³-hybridized carbons (Fsp3) is 0.0370. The van der Waals surface area contributed by atoms with Crippen LogP contribution in [0.2, 0.25) is 0 Å². The van der Waals surface area contributed by atoms with Crippen molar-refractivity contribution in [1.29, 1.82) is 0 Å². The van der Waals surface area contributed by atoms with Gasteiger partial charge in [0.15, 0.2) is 0 Å². The van der Waals surface area contributed by atoms with Crippen molar-refractivity contribution in [2.24, 2.45) is 0 Å². The molecule has 0 N–H and O–H groups in total. The highest BCUT2D eigenvalue weighted by Gasteiger charge is 2.37. The van der Waals surface area contributed by atoms with E-state index in [1.165, 1.54) is 88.4 Å². The average molecular weight is 1140 g/mol. The summed E-state index contributed by atoms with van der Waals surface area (Å²) in [5, 5.41) is 12.0. The number of anilines is 6. The van der Waals surface area contributed by atoms with E-state index in [4.69, 9.17) is 13.2 Å². The fourth-order valence-electron chi connectivity index (χ4n) is 14.4. The second-order valence-corrected chi connectivity index (χ2v) is 24.3. The molecule has 414 valence electrons. The minimum Gasteiger partial charge on any atom is -0.456 e. The molecule has 4 heterocycles. The summed E-state index contributed by atoms with van der Waals surface area (Å²) in [4.78, 5) is 4.78. The molecular formula is C81H53N5OS. The van der Waals surface area contributed by atoms with E-state index in [0.29, 0.717) is 0 Å². The van der Waals surface area contributed by atoms with E-state index in [9.17, 15) is 0 Å². The fourth-order valence-corrected chi connectivity index (χ4v) is 15.0. The zero-order chi connectivity index (χ0) is 58.2. The van der Waals surface area contributed by atoms with Gasteiger partial charge in [0.05, 0.1) is 39.8 Å². The molecule has 6 nitrogen and oxygen atoms in total. The van der Waals surface area contributed by atoms with Gasteiger partial charge in [0.2, 0.25) is 0 Å². The number of para-hydroxylation sites is 3. The zero-order valence-corrected chi connectivity index (χ0v) is 49.0. The van der Waals surface area contributed by atoms with E-state index in [2.05, 4.69) is 301 Å². The maximum atomic E-state index is 6.44. The summed E-state index contributed by atoms with van der Waals surface area (Å²) < 4.78 is 19.2. The molecule has 0 atom stereocenters. The summed E-state index contributed by atoms with van der Waals surface area (Å²) in [5.41, 5.74) is 22.3. The van der Waals surface area contributed by atoms with Gasteiger partial charge in [-0.25, -0.2) is 0 Å². The molecule has 0 aliphatic carbocycles. The molecule has 88 heavy (non-hydrogen) atoms. The smallest absolute Gasteiger partial charge is 0.136 e. The van der Waals surface area contributed by atoms with Crippen molar-refractivity contribution in [2.75, 3.05) is 9.80 Å². The van der Waals surface area contributed by atoms with Gasteiger partial charge in [-0.3, -0.25) is 0 Å². The second-order valence-electron chi connectivity index (χ2n) is 23.8. The number of rotatable bonds is 8. The quantitative estimate of drug-likeness (QED) is 0.112. The van der Waals surface area contributed by atoms with Crippen LogP contribution in [0.5, 0.6) is 0 Å². The van der Waals surface area contributed by atoms with Crippen molar-refractivity contribution >= 4 is 133 Å². The Morgan fingerprint density at radius 2 is 1.00 bits per heavy atom. The van der Waals surface area contributed by atoms with Crippen LogP contribution < -0.4 is 9.80 Å². The summed E-state index contributed by atoms with van der Waals surface area (Å²) in [6.45, 7) is 4.67. The third-order valence-electron chi connectivity index (χ3n) is 18.6. The number of hydrogen-bond acceptors (Lipinski definition) is 6. The van der Waals surface area contributed by atoms with Gasteiger partial charge in [0.25, 0.3) is 0 Å². The molecule has 17 aromatic rings. The molecule has 3 aromatic heterocycles. The molecule has 0 saturated carbocycles. The topological polar surface area (TPSA) is 50.3 Å². The first-order valence-corrected chi connectivity index (χ1v) is 30.8. The highest BCUT2D eigenvalue weighted by molar-refractivity contribution is 7.00. The molecule has 0 bridgehead atoms. The van der Waals surface area contributed by atoms with Crippen molar-refractivity contribution in [3.8, 4) is 39.1 Å². The van der Waals surface area contributed by atoms with Crippen LogP contribution in [0.25, 0.3) is 126 Å². The van der Waals surface area contributed by atoms with Gasteiger partial charge < -0.3 is 18.8 Å². The first-order chi connectivity index (χ1) is 43.4. The summed E-state index contributed by atoms with van der Waals surface area (Å²) in [6, 6.07) is 104. The SMILES string of the molecule is CC1(C)c2ccccc2N(c2cccc(N(c3ccc(-c4ccccc4)cc3)c3ccc(-c4ccc(-n5c6ccc(-c7ccc8c(c7)oc7ccccc78)cc6c6c7ccccc7c7cc8ccccc8cc7c65)cc4)c4nsnc34)c2)c2ccccc21. The number of nitrogens with zero attached hydrogens (tertiary/aromatic N) is 5. The number of furan rings is 1. The number of hydrogen-bond donors (Lipinski definition) is 0. The van der Waals surface area contributed by atoms with Crippen molar-refractivity contribution in [3.63, 3.8) is 0 Å². The summed E-state index contributed by atoms with van der Waals surface area (Å²) in [5.74, 6) is 0. The van der Waals surface area contributed by atoms with Crippen LogP contribution in [-0.2, 0) is 5.41 Å². The molecule has 0 saturated heterocycles. The van der Waals surface area contributed by atoms with E-state index in [1.54, 1.807) is 0 Å². The molecule has 0 spiro atoms. The standard InChI is InChI=1S/C81H53N5OS/c1-81(2)69-26-11-13-28-72(69)85(73-29-14-12-27-70(73)81)60-22-16-21-59(49-60)84(57-37-31-51(32-38-57)50-17-4-3-5-18-50)74-44-42-61(78-79(74)83-88-82-78)52-33-39-58(40-34-52)86-71-43-36-55(56-35-41-64-63-24-10-15-30-75(63)87-76(64)48-56)47-68(71)77-65-25-9-8-23-62(65)66-45-53-19-6-7-20-54(53)46-67(66)80(77)86/h3-49H,1-2H3. The Labute approximate surface area is 512 Å². The zero-order valence-electron chi connectivity index (χ0n) is 48.2. The maximum Gasteiger partial charge on any atom is 0.136 e. The summed E-state index contributed by atoms with van der Waals surface area (Å²) in [7, 11) is 0. The first kappa shape index (κ1) is 50.2. The molecule has 1 aliphatic rings. The van der Waals surface area contributed by atoms with Crippen LogP contribution in [0.15, 0.2) is 290 Å². The van der Waals surface area contributed by atoms with Crippen LogP contribution in [0.4, 0.5) is 34.1 Å². The van der Waals surface area contributed by atoms with Gasteiger partial charge in [-0.05, 0) is 175 Å². The lowest BCUT2D eigenvalue weighted by Gasteiger charge is -2.42. The van der Waals surface area contributed by atoms with Crippen LogP contribution >= 0.6 is 11.7 Å². The molecule has 18 rings (SSSR count). The first-order valence-electron chi connectivity index (χ1n) is 30.0. The van der Waals surface area contributed by atoms with Gasteiger partial charge in [-0.15, -0.1) is 0 Å². The number of benzene rings is 14. The Kier molecular flexibility index (Phi) is 11.1. The molecule has 0 radical (unpaired) electrons. The second kappa shape index (κ2) is 19.5. The molecule has 0 fully saturated rings. The lowest BCUT2D eigenvalue weighted by atomic mass is 9.73. The van der Waals surface area contributed by atoms with Crippen LogP contribution in [0.1, 0.15) is 25.0 Å². The molecule has 7 heteroatoms. The van der Waals surface area contributed by atoms with Crippen LogP contribution in [-0.4, -0.2) is 13.3 Å². The minimum atomic E-state index is -0.177. The Morgan fingerprint density at radius 3 is 1.78 bits per heavy atom. The van der Waals surface area contributed by atoms with Crippen molar-refractivity contribution in [1.82, 2.24) is 13.3 Å². The van der Waals surface area contributed by atoms with E-state index < -0.39 is 0 Å². The number of fused-ring (bicyclic) bond motifs is 15. The van der Waals surface area contributed by atoms with Gasteiger partial charge in [-0.2, -0.15) is 8.75 Å². The summed E-state index contributed by atoms with van der Waals surface area (Å²) >= 11 is 1.26. The Morgan fingerprint density at radius 1 is 0.386 bits per heavy atom. The third kappa shape index (κ3) is 7.67. The Balaban J connectivity index is 0.787. The van der Waals surface area contributed by atoms with Crippen LogP contribution in [0, 0.1) is 0 Å². The van der Waals surface area contributed by atoms with E-state index >= 15 is 0 Å². The predicted molar refractivity (Wildman–Crippen MR) is 369 cm³/mol. The number of aromatic nitrogens is 3. The molecule has 1 aliphatic heterocycles. The maximum absolute atomic E-state index is 6.44. The Hall–Kier alpha value is -11.1. The van der Waals surface area contributed by atoms with Crippen molar-refractivity contribution < 1.29 is 4.42 Å². The van der Waals surface area contributed by atoms with Crippen LogP contribution in [0.3, 0.4) is 0 Å². The minimum absolute atomic E-state index is 0.177. The van der Waals surface area contributed by atoms with Gasteiger partial charge in [0.1, 0.15) is 22.2 Å². The predicted octanol–water partition coefficient (Wildman–Crippen LogP) is 22.7. The average Bonchev–Trinajstić information content (AvgIpc) is 1.48. The van der Waals surface area contributed by atoms with Gasteiger partial charge in [-0.1, -0.05) is 190 Å². The largest absolute Gasteiger partial charge is 0.456 e. The lowest BCUT2D eigenvalue weighted by molar-refractivity contribution is 0.632. The highest BCUT2D eigenvalue weighted by atomic mass is 32.1. The molecular weight excluding hydrogens is 1090 g/mol. The third-order valence-corrected chi connectivity index (χ3v) is 19.1. The van der Waals surface area contributed by atoms with E-state index in [-0.39, 0.29) is 5.41 Å². The van der Waals surface area contributed by atoms with E-state index in [0.717, 1.165) is 94.7 Å².